The summed E-state index contributed by atoms with van der Waals surface area (Å²) in [5.74, 6) is -0.734. The van der Waals surface area contributed by atoms with Crippen LogP contribution < -0.4 is 4.74 Å². The maximum absolute atomic E-state index is 11.6. The van der Waals surface area contributed by atoms with Crippen LogP contribution in [0.5, 0.6) is 11.5 Å². The number of hydrogen-bond donors (Lipinski definition) is 1. The molecule has 1 heterocycles. The van der Waals surface area contributed by atoms with E-state index in [0.717, 1.165) is 0 Å². The lowest BCUT2D eigenvalue weighted by Crippen LogP contribution is -2.06. The zero-order valence-electron chi connectivity index (χ0n) is 8.62. The quantitative estimate of drug-likeness (QED) is 0.515. The van der Waals surface area contributed by atoms with E-state index in [0.29, 0.717) is 16.7 Å². The maximum Gasteiger partial charge on any atom is 0.353 e. The minimum atomic E-state index is -0.533. The largest absolute Gasteiger partial charge is 0.504 e. The number of ether oxygens (including phenoxy) is 1. The molecule has 4 nitrogen and oxygen atoms in total. The lowest BCUT2D eigenvalue weighted by atomic mass is 10.2. The second-order valence-corrected chi connectivity index (χ2v) is 4.16. The number of hydrogen-bond acceptors (Lipinski definition) is 5. The molecule has 0 aliphatic carbocycles. The fraction of sp³-hybridized carbons (Fsp3) is 0. The Morgan fingerprint density at radius 3 is 2.76 bits per heavy atom. The average molecular weight is 248 g/mol. The van der Waals surface area contributed by atoms with Crippen LogP contribution in [-0.4, -0.2) is 17.4 Å². The third kappa shape index (κ3) is 2.51. The molecule has 0 amide bonds. The average Bonchev–Trinajstić information content (AvgIpc) is 2.85. The van der Waals surface area contributed by atoms with Crippen molar-refractivity contribution in [3.05, 3.63) is 46.2 Å². The molecule has 0 radical (unpaired) electrons. The summed E-state index contributed by atoms with van der Waals surface area (Å²) in [6, 6.07) is 7.44. The standard InChI is InChI=1S/C12H8O4S/c13-7-8-3-4-10(9(14)6-8)16-12(15)11-2-1-5-17-11/h1-7,14H. The van der Waals surface area contributed by atoms with Gasteiger partial charge >= 0.3 is 5.97 Å². The summed E-state index contributed by atoms with van der Waals surface area (Å²) >= 11 is 1.25. The van der Waals surface area contributed by atoms with Crippen LogP contribution in [0.2, 0.25) is 0 Å². The maximum atomic E-state index is 11.6. The number of aromatic hydroxyl groups is 1. The number of phenolic OH excluding ortho intramolecular Hbond substituents is 1. The van der Waals surface area contributed by atoms with Crippen molar-refractivity contribution in [3.8, 4) is 11.5 Å². The van der Waals surface area contributed by atoms with Gasteiger partial charge in [0.15, 0.2) is 11.5 Å². The van der Waals surface area contributed by atoms with E-state index in [1.54, 1.807) is 17.5 Å². The van der Waals surface area contributed by atoms with Gasteiger partial charge in [0, 0.05) is 5.56 Å². The van der Waals surface area contributed by atoms with Crippen molar-refractivity contribution in [2.45, 2.75) is 0 Å². The van der Waals surface area contributed by atoms with Gasteiger partial charge in [-0.25, -0.2) is 4.79 Å². The van der Waals surface area contributed by atoms with Gasteiger partial charge in [0.2, 0.25) is 0 Å². The van der Waals surface area contributed by atoms with Crippen LogP contribution in [0.4, 0.5) is 0 Å². The van der Waals surface area contributed by atoms with E-state index in [9.17, 15) is 14.7 Å². The van der Waals surface area contributed by atoms with Crippen molar-refractivity contribution in [1.82, 2.24) is 0 Å². The molecule has 17 heavy (non-hydrogen) atoms. The molecule has 5 heteroatoms. The summed E-state index contributed by atoms with van der Waals surface area (Å²) in [6.07, 6.45) is 0.602. The molecule has 86 valence electrons. The lowest BCUT2D eigenvalue weighted by molar-refractivity contribution is 0.0734. The van der Waals surface area contributed by atoms with Crippen LogP contribution in [0, 0.1) is 0 Å². The highest BCUT2D eigenvalue weighted by molar-refractivity contribution is 7.12. The molecule has 0 aliphatic heterocycles. The van der Waals surface area contributed by atoms with Gasteiger partial charge in [-0.05, 0) is 29.6 Å². The molecule has 1 aromatic heterocycles. The number of benzene rings is 1. The first-order valence-electron chi connectivity index (χ1n) is 4.74. The number of esters is 1. The van der Waals surface area contributed by atoms with Gasteiger partial charge in [0.25, 0.3) is 0 Å². The molecular formula is C12H8O4S. The number of aldehydes is 1. The number of carbonyl (C=O) groups is 2. The second kappa shape index (κ2) is 4.80. The summed E-state index contributed by atoms with van der Waals surface area (Å²) in [7, 11) is 0. The summed E-state index contributed by atoms with van der Waals surface area (Å²) in [4.78, 5) is 22.5. The molecule has 2 rings (SSSR count). The minimum Gasteiger partial charge on any atom is -0.504 e. The molecule has 1 N–H and O–H groups in total. The van der Waals surface area contributed by atoms with Crippen LogP contribution in [-0.2, 0) is 0 Å². The molecule has 1 aromatic carbocycles. The van der Waals surface area contributed by atoms with Crippen LogP contribution in [0.25, 0.3) is 0 Å². The molecule has 0 unspecified atom stereocenters. The topological polar surface area (TPSA) is 63.6 Å². The van der Waals surface area contributed by atoms with E-state index in [2.05, 4.69) is 0 Å². The van der Waals surface area contributed by atoms with E-state index in [1.165, 1.54) is 29.5 Å². The second-order valence-electron chi connectivity index (χ2n) is 3.21. The third-order valence-electron chi connectivity index (χ3n) is 2.04. The van der Waals surface area contributed by atoms with E-state index >= 15 is 0 Å². The molecule has 0 bridgehead atoms. The number of rotatable bonds is 3. The molecule has 0 saturated heterocycles. The van der Waals surface area contributed by atoms with Crippen molar-refractivity contribution in [2.75, 3.05) is 0 Å². The van der Waals surface area contributed by atoms with E-state index in [-0.39, 0.29) is 11.5 Å². The Morgan fingerprint density at radius 2 is 2.18 bits per heavy atom. The molecular weight excluding hydrogens is 240 g/mol. The zero-order chi connectivity index (χ0) is 12.3. The van der Waals surface area contributed by atoms with Crippen LogP contribution in [0.15, 0.2) is 35.7 Å². The fourth-order valence-corrected chi connectivity index (χ4v) is 1.84. The Hall–Kier alpha value is -2.14. The van der Waals surface area contributed by atoms with Gasteiger partial charge in [-0.1, -0.05) is 6.07 Å². The lowest BCUT2D eigenvalue weighted by Gasteiger charge is -2.05. The molecule has 0 aliphatic rings. The van der Waals surface area contributed by atoms with Gasteiger partial charge in [0.1, 0.15) is 11.2 Å². The highest BCUT2D eigenvalue weighted by Crippen LogP contribution is 2.27. The Bertz CT molecular complexity index is 546. The summed E-state index contributed by atoms with van der Waals surface area (Å²) in [6.45, 7) is 0. The Balaban J connectivity index is 2.19. The molecule has 0 saturated carbocycles. The SMILES string of the molecule is O=Cc1ccc(OC(=O)c2cccs2)c(O)c1. The van der Waals surface area contributed by atoms with Crippen molar-refractivity contribution in [2.24, 2.45) is 0 Å². The van der Waals surface area contributed by atoms with Gasteiger partial charge in [-0.15, -0.1) is 11.3 Å². The van der Waals surface area contributed by atoms with E-state index in [4.69, 9.17) is 4.74 Å². The van der Waals surface area contributed by atoms with Crippen LogP contribution in [0.1, 0.15) is 20.0 Å². The zero-order valence-corrected chi connectivity index (χ0v) is 9.44. The van der Waals surface area contributed by atoms with Gasteiger partial charge in [0.05, 0.1) is 0 Å². The van der Waals surface area contributed by atoms with Gasteiger partial charge in [-0.2, -0.15) is 0 Å². The van der Waals surface area contributed by atoms with Crippen molar-refractivity contribution < 1.29 is 19.4 Å². The predicted molar refractivity (Wildman–Crippen MR) is 62.8 cm³/mol. The highest BCUT2D eigenvalue weighted by Gasteiger charge is 2.12. The van der Waals surface area contributed by atoms with Crippen molar-refractivity contribution in [3.63, 3.8) is 0 Å². The summed E-state index contributed by atoms with van der Waals surface area (Å²) in [5, 5.41) is 11.3. The Kier molecular flexibility index (Phi) is 3.20. The minimum absolute atomic E-state index is 0.0361. The first-order valence-corrected chi connectivity index (χ1v) is 5.62. The van der Waals surface area contributed by atoms with Gasteiger partial charge in [-0.3, -0.25) is 4.79 Å². The summed E-state index contributed by atoms with van der Waals surface area (Å²) < 4.78 is 4.99. The number of carbonyl (C=O) groups excluding carboxylic acids is 2. The molecule has 0 atom stereocenters. The van der Waals surface area contributed by atoms with Crippen molar-refractivity contribution in [1.29, 1.82) is 0 Å². The monoisotopic (exact) mass is 248 g/mol. The fourth-order valence-electron chi connectivity index (χ4n) is 1.24. The van der Waals surface area contributed by atoms with Gasteiger partial charge < -0.3 is 9.84 Å². The number of phenols is 1. The van der Waals surface area contributed by atoms with E-state index in [1.807, 2.05) is 0 Å². The summed E-state index contributed by atoms with van der Waals surface area (Å²) in [5.41, 5.74) is 0.318. The smallest absolute Gasteiger partial charge is 0.353 e. The predicted octanol–water partition coefficient (Wildman–Crippen LogP) is 2.49. The van der Waals surface area contributed by atoms with Crippen LogP contribution >= 0.6 is 11.3 Å². The Morgan fingerprint density at radius 1 is 1.35 bits per heavy atom. The van der Waals surface area contributed by atoms with Crippen LogP contribution in [0.3, 0.4) is 0 Å². The number of thiophene rings is 1. The Labute approximate surface area is 101 Å². The first kappa shape index (κ1) is 11.3. The molecule has 2 aromatic rings. The third-order valence-corrected chi connectivity index (χ3v) is 2.89. The normalized spacial score (nSPS) is 9.88. The van der Waals surface area contributed by atoms with E-state index < -0.39 is 5.97 Å². The van der Waals surface area contributed by atoms with Crippen molar-refractivity contribution >= 4 is 23.6 Å². The highest BCUT2D eigenvalue weighted by atomic mass is 32.1. The first-order chi connectivity index (χ1) is 8.20. The molecule has 0 fully saturated rings. The molecule has 0 spiro atoms.